The van der Waals surface area contributed by atoms with Gasteiger partial charge in [-0.3, -0.25) is 9.59 Å². The van der Waals surface area contributed by atoms with E-state index in [4.69, 9.17) is 9.47 Å². The highest BCUT2D eigenvalue weighted by Crippen LogP contribution is 2.27. The summed E-state index contributed by atoms with van der Waals surface area (Å²) < 4.78 is 10.00. The number of nitrogens with zero attached hydrogens (tertiary/aromatic N) is 1. The van der Waals surface area contributed by atoms with Crippen LogP contribution in [0.2, 0.25) is 0 Å². The SMILES string of the molecule is COCCN(CCOC)C(=O)C1CC=CCC1C(=O)O. The zero-order chi connectivity index (χ0) is 15.0. The fourth-order valence-corrected chi connectivity index (χ4v) is 2.33. The molecule has 0 aliphatic heterocycles. The summed E-state index contributed by atoms with van der Waals surface area (Å²) in [5.74, 6) is -2.17. The van der Waals surface area contributed by atoms with Crippen molar-refractivity contribution < 1.29 is 24.2 Å². The molecule has 1 rings (SSSR count). The lowest BCUT2D eigenvalue weighted by Crippen LogP contribution is -2.44. The Morgan fingerprint density at radius 1 is 1.10 bits per heavy atom. The van der Waals surface area contributed by atoms with Crippen LogP contribution in [0.3, 0.4) is 0 Å². The summed E-state index contributed by atoms with van der Waals surface area (Å²) in [5.41, 5.74) is 0. The first-order valence-electron chi connectivity index (χ1n) is 6.76. The number of hydrogen-bond donors (Lipinski definition) is 1. The van der Waals surface area contributed by atoms with Gasteiger partial charge in [0, 0.05) is 27.3 Å². The first-order valence-corrected chi connectivity index (χ1v) is 6.76. The van der Waals surface area contributed by atoms with Gasteiger partial charge in [-0.2, -0.15) is 0 Å². The third-order valence-corrected chi connectivity index (χ3v) is 3.51. The Kier molecular flexibility index (Phi) is 7.25. The van der Waals surface area contributed by atoms with Gasteiger partial charge in [-0.1, -0.05) is 12.2 Å². The highest BCUT2D eigenvalue weighted by Gasteiger charge is 2.36. The van der Waals surface area contributed by atoms with Crippen LogP contribution in [0.25, 0.3) is 0 Å². The van der Waals surface area contributed by atoms with E-state index in [0.717, 1.165) is 0 Å². The number of methoxy groups -OCH3 is 2. The predicted octanol–water partition coefficient (Wildman–Crippen LogP) is 0.775. The molecule has 20 heavy (non-hydrogen) atoms. The van der Waals surface area contributed by atoms with E-state index in [2.05, 4.69) is 0 Å². The fraction of sp³-hybridized carbons (Fsp3) is 0.714. The minimum atomic E-state index is -0.911. The second kappa shape index (κ2) is 8.71. The van der Waals surface area contributed by atoms with Crippen LogP contribution in [-0.4, -0.2) is 62.4 Å². The van der Waals surface area contributed by atoms with Crippen LogP contribution in [0, 0.1) is 11.8 Å². The third-order valence-electron chi connectivity index (χ3n) is 3.51. The van der Waals surface area contributed by atoms with Crippen molar-refractivity contribution in [2.24, 2.45) is 11.8 Å². The van der Waals surface area contributed by atoms with Gasteiger partial charge in [-0.05, 0) is 12.8 Å². The number of carbonyl (C=O) groups is 2. The van der Waals surface area contributed by atoms with Crippen molar-refractivity contribution in [3.8, 4) is 0 Å². The van der Waals surface area contributed by atoms with Gasteiger partial charge in [-0.25, -0.2) is 0 Å². The smallest absolute Gasteiger partial charge is 0.307 e. The minimum absolute atomic E-state index is 0.129. The topological polar surface area (TPSA) is 76.1 Å². The molecule has 0 aromatic heterocycles. The monoisotopic (exact) mass is 285 g/mol. The molecule has 1 aliphatic rings. The number of ether oxygens (including phenoxy) is 2. The van der Waals surface area contributed by atoms with Gasteiger partial charge in [-0.15, -0.1) is 0 Å². The van der Waals surface area contributed by atoms with E-state index in [1.807, 2.05) is 12.2 Å². The number of carboxylic acid groups (broad SMARTS) is 1. The van der Waals surface area contributed by atoms with E-state index in [1.165, 1.54) is 0 Å². The number of hydrogen-bond acceptors (Lipinski definition) is 4. The molecule has 6 nitrogen and oxygen atoms in total. The molecular weight excluding hydrogens is 262 g/mol. The molecule has 0 radical (unpaired) electrons. The van der Waals surface area contributed by atoms with Gasteiger partial charge in [0.1, 0.15) is 0 Å². The van der Waals surface area contributed by atoms with Crippen LogP contribution in [0.4, 0.5) is 0 Å². The largest absolute Gasteiger partial charge is 0.481 e. The maximum absolute atomic E-state index is 12.5. The zero-order valence-corrected chi connectivity index (χ0v) is 12.1. The Hall–Kier alpha value is -1.40. The van der Waals surface area contributed by atoms with E-state index < -0.39 is 17.8 Å². The molecule has 0 saturated heterocycles. The fourth-order valence-electron chi connectivity index (χ4n) is 2.33. The molecule has 1 N–H and O–H groups in total. The zero-order valence-electron chi connectivity index (χ0n) is 12.1. The van der Waals surface area contributed by atoms with Gasteiger partial charge >= 0.3 is 5.97 Å². The number of rotatable bonds is 8. The van der Waals surface area contributed by atoms with Crippen molar-refractivity contribution in [3.05, 3.63) is 12.2 Å². The highest BCUT2D eigenvalue weighted by molar-refractivity contribution is 5.85. The second-order valence-electron chi connectivity index (χ2n) is 4.80. The van der Waals surface area contributed by atoms with Crippen molar-refractivity contribution in [1.82, 2.24) is 4.90 Å². The van der Waals surface area contributed by atoms with Crippen molar-refractivity contribution in [3.63, 3.8) is 0 Å². The van der Waals surface area contributed by atoms with E-state index in [1.54, 1.807) is 19.1 Å². The molecule has 0 aromatic rings. The molecule has 0 saturated carbocycles. The molecule has 2 atom stereocenters. The Morgan fingerprint density at radius 2 is 1.60 bits per heavy atom. The summed E-state index contributed by atoms with van der Waals surface area (Å²) in [6.45, 7) is 1.75. The number of carbonyl (C=O) groups excluding carboxylic acids is 1. The van der Waals surface area contributed by atoms with E-state index in [0.29, 0.717) is 39.1 Å². The second-order valence-corrected chi connectivity index (χ2v) is 4.80. The molecule has 6 heteroatoms. The molecule has 1 amide bonds. The van der Waals surface area contributed by atoms with E-state index >= 15 is 0 Å². The average molecular weight is 285 g/mol. The molecule has 0 fully saturated rings. The van der Waals surface area contributed by atoms with Crippen molar-refractivity contribution in [1.29, 1.82) is 0 Å². The Morgan fingerprint density at radius 3 is 2.05 bits per heavy atom. The quantitative estimate of drug-likeness (QED) is 0.667. The first-order chi connectivity index (χ1) is 9.61. The summed E-state index contributed by atoms with van der Waals surface area (Å²) >= 11 is 0. The Labute approximate surface area is 119 Å². The number of allylic oxidation sites excluding steroid dienone is 2. The molecule has 0 aromatic carbocycles. The molecule has 0 bridgehead atoms. The maximum atomic E-state index is 12.5. The van der Waals surface area contributed by atoms with Gasteiger partial charge < -0.3 is 19.5 Å². The van der Waals surface area contributed by atoms with Gasteiger partial charge in [0.05, 0.1) is 25.0 Å². The lowest BCUT2D eigenvalue weighted by atomic mass is 9.82. The maximum Gasteiger partial charge on any atom is 0.307 e. The third kappa shape index (κ3) is 4.61. The number of carboxylic acids is 1. The molecule has 0 heterocycles. The number of aliphatic carboxylic acids is 1. The van der Waals surface area contributed by atoms with E-state index in [-0.39, 0.29) is 5.91 Å². The Balaban J connectivity index is 2.74. The van der Waals surface area contributed by atoms with Crippen molar-refractivity contribution in [2.45, 2.75) is 12.8 Å². The van der Waals surface area contributed by atoms with Gasteiger partial charge in [0.25, 0.3) is 0 Å². The summed E-state index contributed by atoms with van der Waals surface area (Å²) in [6.07, 6.45) is 4.60. The van der Waals surface area contributed by atoms with Gasteiger partial charge in [0.2, 0.25) is 5.91 Å². The summed E-state index contributed by atoms with van der Waals surface area (Å²) in [4.78, 5) is 25.4. The predicted molar refractivity (Wildman–Crippen MR) is 73.3 cm³/mol. The van der Waals surface area contributed by atoms with Crippen LogP contribution in [-0.2, 0) is 19.1 Å². The number of amides is 1. The van der Waals surface area contributed by atoms with Crippen LogP contribution in [0.5, 0.6) is 0 Å². The van der Waals surface area contributed by atoms with Crippen LogP contribution < -0.4 is 0 Å². The average Bonchev–Trinajstić information content (AvgIpc) is 2.46. The molecular formula is C14H23NO5. The molecule has 2 unspecified atom stereocenters. The first kappa shape index (κ1) is 16.7. The molecule has 114 valence electrons. The van der Waals surface area contributed by atoms with Crippen LogP contribution in [0.15, 0.2) is 12.2 Å². The van der Waals surface area contributed by atoms with Gasteiger partial charge in [0.15, 0.2) is 0 Å². The lowest BCUT2D eigenvalue weighted by Gasteiger charge is -2.30. The van der Waals surface area contributed by atoms with Crippen molar-refractivity contribution >= 4 is 11.9 Å². The molecule has 1 aliphatic carbocycles. The summed E-state index contributed by atoms with van der Waals surface area (Å²) in [6, 6.07) is 0. The summed E-state index contributed by atoms with van der Waals surface area (Å²) in [5, 5.41) is 9.24. The minimum Gasteiger partial charge on any atom is -0.481 e. The normalized spacial score (nSPS) is 21.7. The lowest BCUT2D eigenvalue weighted by molar-refractivity contribution is -0.151. The standard InChI is InChI=1S/C14H23NO5/c1-19-9-7-15(8-10-20-2)13(16)11-5-3-4-6-12(11)14(17)18/h3-4,11-12H,5-10H2,1-2H3,(H,17,18). The van der Waals surface area contributed by atoms with E-state index in [9.17, 15) is 14.7 Å². The van der Waals surface area contributed by atoms with Crippen molar-refractivity contribution in [2.75, 3.05) is 40.5 Å². The highest BCUT2D eigenvalue weighted by atomic mass is 16.5. The molecule has 0 spiro atoms. The van der Waals surface area contributed by atoms with Crippen LogP contribution in [0.1, 0.15) is 12.8 Å². The Bertz CT molecular complexity index is 347. The summed E-state index contributed by atoms with van der Waals surface area (Å²) in [7, 11) is 3.14. The van der Waals surface area contributed by atoms with Crippen LogP contribution >= 0.6 is 0 Å².